The van der Waals surface area contributed by atoms with Crippen LogP contribution >= 0.6 is 0 Å². The van der Waals surface area contributed by atoms with E-state index in [9.17, 15) is 9.59 Å². The van der Waals surface area contributed by atoms with Gasteiger partial charge in [-0.1, -0.05) is 44.2 Å². The highest BCUT2D eigenvalue weighted by Crippen LogP contribution is 2.14. The van der Waals surface area contributed by atoms with Crippen molar-refractivity contribution in [1.82, 2.24) is 10.6 Å². The standard InChI is InChI=1S/C23H31N3O4/c1-17(2)15-21(26-23(28)30-16-18-7-5-4-6-8-18)22(27)25-14-13-24-19-9-11-20(29-3)12-10-19/h4-12,17,21,24H,13-16H2,1-3H3,(H,25,27)(H,26,28). The van der Waals surface area contributed by atoms with Crippen LogP contribution in [0.1, 0.15) is 25.8 Å². The van der Waals surface area contributed by atoms with Crippen molar-refractivity contribution in [2.75, 3.05) is 25.5 Å². The highest BCUT2D eigenvalue weighted by atomic mass is 16.5. The lowest BCUT2D eigenvalue weighted by atomic mass is 10.0. The Labute approximate surface area is 178 Å². The van der Waals surface area contributed by atoms with Gasteiger partial charge < -0.3 is 25.4 Å². The first-order valence-corrected chi connectivity index (χ1v) is 10.1. The molecule has 0 heterocycles. The maximum Gasteiger partial charge on any atom is 0.408 e. The van der Waals surface area contributed by atoms with Gasteiger partial charge >= 0.3 is 6.09 Å². The number of hydrogen-bond donors (Lipinski definition) is 3. The zero-order chi connectivity index (χ0) is 21.8. The predicted octanol–water partition coefficient (Wildman–Crippen LogP) is 3.56. The Balaban J connectivity index is 1.76. The number of hydrogen-bond acceptors (Lipinski definition) is 5. The maximum absolute atomic E-state index is 12.6. The number of benzene rings is 2. The fourth-order valence-corrected chi connectivity index (χ4v) is 2.83. The normalized spacial score (nSPS) is 11.5. The van der Waals surface area contributed by atoms with Gasteiger partial charge in [-0.3, -0.25) is 4.79 Å². The number of methoxy groups -OCH3 is 1. The molecule has 0 aliphatic carbocycles. The van der Waals surface area contributed by atoms with Crippen LogP contribution in [0.2, 0.25) is 0 Å². The van der Waals surface area contributed by atoms with Crippen molar-refractivity contribution >= 4 is 17.7 Å². The quantitative estimate of drug-likeness (QED) is 0.490. The van der Waals surface area contributed by atoms with Crippen LogP contribution in [0, 0.1) is 5.92 Å². The van der Waals surface area contributed by atoms with Crippen LogP contribution in [0.3, 0.4) is 0 Å². The monoisotopic (exact) mass is 413 g/mol. The van der Waals surface area contributed by atoms with E-state index in [0.717, 1.165) is 17.0 Å². The number of ether oxygens (including phenoxy) is 2. The minimum Gasteiger partial charge on any atom is -0.497 e. The van der Waals surface area contributed by atoms with Crippen molar-refractivity contribution in [2.24, 2.45) is 5.92 Å². The molecule has 0 aliphatic heterocycles. The molecule has 1 unspecified atom stereocenters. The molecule has 2 aromatic carbocycles. The number of carbonyl (C=O) groups excluding carboxylic acids is 2. The van der Waals surface area contributed by atoms with Gasteiger partial charge in [0.1, 0.15) is 18.4 Å². The molecule has 0 saturated heterocycles. The molecule has 0 bridgehead atoms. The van der Waals surface area contributed by atoms with Crippen LogP contribution in [0.15, 0.2) is 54.6 Å². The maximum atomic E-state index is 12.6. The molecule has 162 valence electrons. The second-order valence-corrected chi connectivity index (χ2v) is 7.33. The van der Waals surface area contributed by atoms with Crippen molar-refractivity contribution in [1.29, 1.82) is 0 Å². The number of amides is 2. The number of nitrogens with one attached hydrogen (secondary N) is 3. The number of alkyl carbamates (subject to hydrolysis) is 1. The van der Waals surface area contributed by atoms with Crippen molar-refractivity contribution in [3.05, 3.63) is 60.2 Å². The lowest BCUT2D eigenvalue weighted by molar-refractivity contribution is -0.123. The first kappa shape index (κ1) is 23.1. The SMILES string of the molecule is COc1ccc(NCCNC(=O)C(CC(C)C)NC(=O)OCc2ccccc2)cc1. The van der Waals surface area contributed by atoms with Gasteiger partial charge in [0.2, 0.25) is 5.91 Å². The van der Waals surface area contributed by atoms with Crippen LogP contribution in [0.5, 0.6) is 5.75 Å². The number of rotatable bonds is 11. The molecule has 0 aliphatic rings. The third-order valence-corrected chi connectivity index (χ3v) is 4.37. The fourth-order valence-electron chi connectivity index (χ4n) is 2.83. The van der Waals surface area contributed by atoms with Crippen LogP contribution in [0.4, 0.5) is 10.5 Å². The van der Waals surface area contributed by atoms with E-state index >= 15 is 0 Å². The van der Waals surface area contributed by atoms with E-state index in [1.54, 1.807) is 7.11 Å². The molecule has 2 rings (SSSR count). The van der Waals surface area contributed by atoms with E-state index in [-0.39, 0.29) is 18.4 Å². The van der Waals surface area contributed by atoms with Gasteiger partial charge in [0.05, 0.1) is 7.11 Å². The molecule has 1 atom stereocenters. The number of anilines is 1. The zero-order valence-corrected chi connectivity index (χ0v) is 17.8. The molecule has 0 saturated carbocycles. The second kappa shape index (κ2) is 12.4. The van der Waals surface area contributed by atoms with Gasteiger partial charge in [-0.2, -0.15) is 0 Å². The Kier molecular flexibility index (Phi) is 9.51. The average molecular weight is 414 g/mol. The van der Waals surface area contributed by atoms with E-state index in [0.29, 0.717) is 19.5 Å². The largest absolute Gasteiger partial charge is 0.497 e. The molecule has 0 fully saturated rings. The summed E-state index contributed by atoms with van der Waals surface area (Å²) in [6.07, 6.45) is -0.0749. The van der Waals surface area contributed by atoms with Gasteiger partial charge in [0.25, 0.3) is 0 Å². The highest BCUT2D eigenvalue weighted by molar-refractivity contribution is 5.85. The van der Waals surface area contributed by atoms with Gasteiger partial charge in [-0.15, -0.1) is 0 Å². The Morgan fingerprint density at radius 2 is 1.67 bits per heavy atom. The molecule has 7 heteroatoms. The summed E-state index contributed by atoms with van der Waals surface area (Å²) >= 11 is 0. The lowest BCUT2D eigenvalue weighted by Crippen LogP contribution is -2.48. The first-order chi connectivity index (χ1) is 14.5. The molecule has 7 nitrogen and oxygen atoms in total. The molecular weight excluding hydrogens is 382 g/mol. The minimum absolute atomic E-state index is 0.161. The number of carbonyl (C=O) groups is 2. The molecule has 0 spiro atoms. The van der Waals surface area contributed by atoms with E-state index in [4.69, 9.17) is 9.47 Å². The molecular formula is C23H31N3O4. The van der Waals surface area contributed by atoms with Crippen molar-refractivity contribution in [3.63, 3.8) is 0 Å². The Hall–Kier alpha value is -3.22. The summed E-state index contributed by atoms with van der Waals surface area (Å²) in [5.74, 6) is 0.806. The van der Waals surface area contributed by atoms with Crippen molar-refractivity contribution in [3.8, 4) is 5.75 Å². The summed E-state index contributed by atoms with van der Waals surface area (Å²) < 4.78 is 10.4. The smallest absolute Gasteiger partial charge is 0.408 e. The second-order valence-electron chi connectivity index (χ2n) is 7.33. The third kappa shape index (κ3) is 8.43. The van der Waals surface area contributed by atoms with Crippen LogP contribution < -0.4 is 20.7 Å². The van der Waals surface area contributed by atoms with E-state index in [1.807, 2.05) is 68.4 Å². The topological polar surface area (TPSA) is 88.7 Å². The van der Waals surface area contributed by atoms with Crippen molar-refractivity contribution < 1.29 is 19.1 Å². The van der Waals surface area contributed by atoms with Gasteiger partial charge in [-0.25, -0.2) is 4.79 Å². The van der Waals surface area contributed by atoms with Crippen LogP contribution in [0.25, 0.3) is 0 Å². The van der Waals surface area contributed by atoms with Gasteiger partial charge in [0, 0.05) is 18.8 Å². The third-order valence-electron chi connectivity index (χ3n) is 4.37. The van der Waals surface area contributed by atoms with E-state index in [2.05, 4.69) is 16.0 Å². The molecule has 0 aromatic heterocycles. The van der Waals surface area contributed by atoms with Gasteiger partial charge in [-0.05, 0) is 42.2 Å². The Bertz CT molecular complexity index is 779. The van der Waals surface area contributed by atoms with Crippen LogP contribution in [-0.2, 0) is 16.1 Å². The summed E-state index contributed by atoms with van der Waals surface area (Å²) in [4.78, 5) is 24.7. The summed E-state index contributed by atoms with van der Waals surface area (Å²) in [6, 6.07) is 16.3. The fraction of sp³-hybridized carbons (Fsp3) is 0.391. The Morgan fingerprint density at radius 3 is 2.30 bits per heavy atom. The summed E-state index contributed by atoms with van der Waals surface area (Å²) in [5, 5.41) is 8.77. The predicted molar refractivity (Wildman–Crippen MR) is 117 cm³/mol. The molecule has 2 aromatic rings. The average Bonchev–Trinajstić information content (AvgIpc) is 2.75. The molecule has 0 radical (unpaired) electrons. The minimum atomic E-state index is -0.644. The Morgan fingerprint density at radius 1 is 0.967 bits per heavy atom. The zero-order valence-electron chi connectivity index (χ0n) is 17.8. The summed E-state index contributed by atoms with van der Waals surface area (Å²) in [5.41, 5.74) is 1.83. The molecule has 3 N–H and O–H groups in total. The van der Waals surface area contributed by atoms with Crippen molar-refractivity contribution in [2.45, 2.75) is 32.9 Å². The lowest BCUT2D eigenvalue weighted by Gasteiger charge is -2.20. The summed E-state index contributed by atoms with van der Waals surface area (Å²) in [6.45, 7) is 5.16. The highest BCUT2D eigenvalue weighted by Gasteiger charge is 2.22. The van der Waals surface area contributed by atoms with E-state index in [1.165, 1.54) is 0 Å². The molecule has 2 amide bonds. The van der Waals surface area contributed by atoms with Crippen LogP contribution in [-0.4, -0.2) is 38.2 Å². The first-order valence-electron chi connectivity index (χ1n) is 10.1. The summed E-state index contributed by atoms with van der Waals surface area (Å²) in [7, 11) is 1.62. The van der Waals surface area contributed by atoms with Gasteiger partial charge in [0.15, 0.2) is 0 Å². The molecule has 30 heavy (non-hydrogen) atoms. The van der Waals surface area contributed by atoms with E-state index < -0.39 is 12.1 Å².